The lowest BCUT2D eigenvalue weighted by molar-refractivity contribution is 0.325. The lowest BCUT2D eigenvalue weighted by Gasteiger charge is -2.24. The Kier molecular flexibility index (Phi) is 3.99. The van der Waals surface area contributed by atoms with E-state index in [1.807, 2.05) is 6.07 Å². The van der Waals surface area contributed by atoms with Crippen LogP contribution in [0.15, 0.2) is 16.7 Å². The molecule has 1 aromatic rings. The second-order valence-corrected chi connectivity index (χ2v) is 6.75. The summed E-state index contributed by atoms with van der Waals surface area (Å²) < 4.78 is 0.990. The van der Waals surface area contributed by atoms with E-state index in [1.54, 1.807) is 6.20 Å². The molecule has 0 spiro atoms. The Morgan fingerprint density at radius 2 is 2.12 bits per heavy atom. The quantitative estimate of drug-likeness (QED) is 0.757. The Bertz CT molecular complexity index is 406. The van der Waals surface area contributed by atoms with Gasteiger partial charge in [-0.05, 0) is 46.7 Å². The van der Waals surface area contributed by atoms with Crippen LogP contribution in [0.4, 0.5) is 5.82 Å². The first kappa shape index (κ1) is 13.2. The van der Waals surface area contributed by atoms with E-state index in [-0.39, 0.29) is 0 Å². The number of halogens is 2. The fraction of sp³-hybridized carbons (Fsp3) is 0.615. The van der Waals surface area contributed by atoms with Gasteiger partial charge in [0.2, 0.25) is 0 Å². The molecule has 1 aliphatic heterocycles. The number of aromatic nitrogens is 1. The first-order valence-corrected chi connectivity index (χ1v) is 7.21. The third-order valence-electron chi connectivity index (χ3n) is 3.43. The molecule has 1 aliphatic rings. The third-order valence-corrected chi connectivity index (χ3v) is 4.22. The molecule has 4 heteroatoms. The van der Waals surface area contributed by atoms with Crippen LogP contribution >= 0.6 is 27.5 Å². The molecule has 0 N–H and O–H groups in total. The molecule has 0 amide bonds. The Labute approximate surface area is 116 Å². The first-order valence-electron chi connectivity index (χ1n) is 6.04. The maximum atomic E-state index is 5.92. The van der Waals surface area contributed by atoms with Crippen molar-refractivity contribution in [3.63, 3.8) is 0 Å². The van der Waals surface area contributed by atoms with Crippen LogP contribution in [0.5, 0.6) is 0 Å². The minimum absolute atomic E-state index is 0.452. The molecule has 0 radical (unpaired) electrons. The molecular formula is C13H18BrClN2. The molecule has 2 rings (SSSR count). The highest BCUT2D eigenvalue weighted by atomic mass is 79.9. The van der Waals surface area contributed by atoms with E-state index in [0.717, 1.165) is 23.4 Å². The van der Waals surface area contributed by atoms with Gasteiger partial charge < -0.3 is 4.90 Å². The summed E-state index contributed by atoms with van der Waals surface area (Å²) in [6, 6.07) is 1.92. The van der Waals surface area contributed by atoms with Gasteiger partial charge in [0.05, 0.1) is 9.50 Å². The molecule has 2 heterocycles. The van der Waals surface area contributed by atoms with E-state index in [1.165, 1.54) is 19.3 Å². The Morgan fingerprint density at radius 3 is 2.82 bits per heavy atom. The monoisotopic (exact) mass is 316 g/mol. The molecule has 0 atom stereocenters. The maximum absolute atomic E-state index is 5.92. The lowest BCUT2D eigenvalue weighted by atomic mass is 9.85. The van der Waals surface area contributed by atoms with Crippen molar-refractivity contribution in [1.29, 1.82) is 0 Å². The fourth-order valence-electron chi connectivity index (χ4n) is 2.27. The first-order chi connectivity index (χ1) is 7.98. The van der Waals surface area contributed by atoms with Crippen molar-refractivity contribution in [2.24, 2.45) is 5.41 Å². The summed E-state index contributed by atoms with van der Waals surface area (Å²) in [7, 11) is 0. The van der Waals surface area contributed by atoms with E-state index in [2.05, 4.69) is 39.7 Å². The van der Waals surface area contributed by atoms with E-state index in [0.29, 0.717) is 10.4 Å². The van der Waals surface area contributed by atoms with Crippen molar-refractivity contribution < 1.29 is 0 Å². The predicted molar refractivity (Wildman–Crippen MR) is 76.8 cm³/mol. The molecule has 0 bridgehead atoms. The van der Waals surface area contributed by atoms with Gasteiger partial charge in [-0.3, -0.25) is 0 Å². The van der Waals surface area contributed by atoms with E-state index < -0.39 is 0 Å². The van der Waals surface area contributed by atoms with Gasteiger partial charge in [-0.25, -0.2) is 4.98 Å². The van der Waals surface area contributed by atoms with Crippen molar-refractivity contribution in [1.82, 2.24) is 4.98 Å². The Balaban J connectivity index is 2.17. The maximum Gasteiger partial charge on any atom is 0.142 e. The lowest BCUT2D eigenvalue weighted by Crippen LogP contribution is -2.26. The second kappa shape index (κ2) is 5.15. The van der Waals surface area contributed by atoms with Gasteiger partial charge >= 0.3 is 0 Å². The molecule has 94 valence electrons. The summed E-state index contributed by atoms with van der Waals surface area (Å²) in [5.41, 5.74) is 0.452. The molecular weight excluding hydrogens is 300 g/mol. The van der Waals surface area contributed by atoms with Crippen molar-refractivity contribution in [2.75, 3.05) is 18.0 Å². The SMILES string of the molecule is CC1(C)CCCN(c2ncc(Cl)cc2Br)CC1. The average molecular weight is 318 g/mol. The van der Waals surface area contributed by atoms with Gasteiger partial charge in [-0.15, -0.1) is 0 Å². The highest BCUT2D eigenvalue weighted by Crippen LogP contribution is 2.33. The summed E-state index contributed by atoms with van der Waals surface area (Å²) in [6.07, 6.45) is 5.44. The minimum atomic E-state index is 0.452. The number of hydrogen-bond donors (Lipinski definition) is 0. The van der Waals surface area contributed by atoms with Gasteiger partial charge in [0, 0.05) is 19.3 Å². The molecule has 0 aliphatic carbocycles. The van der Waals surface area contributed by atoms with Crippen LogP contribution in [0, 0.1) is 5.41 Å². The number of rotatable bonds is 1. The van der Waals surface area contributed by atoms with Gasteiger partial charge in [0.1, 0.15) is 5.82 Å². The Morgan fingerprint density at radius 1 is 1.35 bits per heavy atom. The van der Waals surface area contributed by atoms with Crippen LogP contribution in [0.2, 0.25) is 5.02 Å². The highest BCUT2D eigenvalue weighted by molar-refractivity contribution is 9.10. The zero-order valence-electron chi connectivity index (χ0n) is 10.3. The summed E-state index contributed by atoms with van der Waals surface area (Å²) in [4.78, 5) is 6.79. The van der Waals surface area contributed by atoms with Crippen LogP contribution in [0.1, 0.15) is 33.1 Å². The molecule has 1 fully saturated rings. The van der Waals surface area contributed by atoms with Crippen molar-refractivity contribution in [3.8, 4) is 0 Å². The van der Waals surface area contributed by atoms with Crippen molar-refractivity contribution in [3.05, 3.63) is 21.8 Å². The third kappa shape index (κ3) is 3.35. The van der Waals surface area contributed by atoms with Crippen molar-refractivity contribution in [2.45, 2.75) is 33.1 Å². The normalized spacial score (nSPS) is 20.1. The van der Waals surface area contributed by atoms with Crippen LogP contribution in [-0.4, -0.2) is 18.1 Å². The van der Waals surface area contributed by atoms with Gasteiger partial charge in [-0.2, -0.15) is 0 Å². The smallest absolute Gasteiger partial charge is 0.142 e. The zero-order chi connectivity index (χ0) is 12.5. The summed E-state index contributed by atoms with van der Waals surface area (Å²) >= 11 is 9.47. The average Bonchev–Trinajstić information content (AvgIpc) is 2.40. The van der Waals surface area contributed by atoms with Gasteiger partial charge in [-0.1, -0.05) is 25.4 Å². The number of nitrogens with zero attached hydrogens (tertiary/aromatic N) is 2. The molecule has 1 saturated heterocycles. The van der Waals surface area contributed by atoms with Gasteiger partial charge in [0.25, 0.3) is 0 Å². The largest absolute Gasteiger partial charge is 0.356 e. The van der Waals surface area contributed by atoms with Crippen molar-refractivity contribution >= 4 is 33.3 Å². The van der Waals surface area contributed by atoms with Crippen LogP contribution in [-0.2, 0) is 0 Å². The summed E-state index contributed by atoms with van der Waals surface area (Å²) in [6.45, 7) is 6.85. The second-order valence-electron chi connectivity index (χ2n) is 5.46. The zero-order valence-corrected chi connectivity index (χ0v) is 12.7. The van der Waals surface area contributed by atoms with E-state index >= 15 is 0 Å². The fourth-order valence-corrected chi connectivity index (χ4v) is 3.16. The number of pyridine rings is 1. The minimum Gasteiger partial charge on any atom is -0.356 e. The molecule has 0 saturated carbocycles. The van der Waals surface area contributed by atoms with Crippen LogP contribution < -0.4 is 4.90 Å². The molecule has 1 aromatic heterocycles. The predicted octanol–water partition coefficient (Wildman–Crippen LogP) is 4.51. The summed E-state index contributed by atoms with van der Waals surface area (Å²) in [5, 5.41) is 0.677. The molecule has 0 unspecified atom stereocenters. The number of anilines is 1. The molecule has 0 aromatic carbocycles. The topological polar surface area (TPSA) is 16.1 Å². The number of hydrogen-bond acceptors (Lipinski definition) is 2. The molecule has 17 heavy (non-hydrogen) atoms. The highest BCUT2D eigenvalue weighted by Gasteiger charge is 2.24. The molecule has 2 nitrogen and oxygen atoms in total. The van der Waals surface area contributed by atoms with E-state index in [9.17, 15) is 0 Å². The Hall–Kier alpha value is -0.280. The van der Waals surface area contributed by atoms with E-state index in [4.69, 9.17) is 11.6 Å². The van der Waals surface area contributed by atoms with Crippen LogP contribution in [0.25, 0.3) is 0 Å². The standard InChI is InChI=1S/C13H18BrClN2/c1-13(2)4-3-6-17(7-5-13)12-11(14)8-10(15)9-16-12/h8-9H,3-7H2,1-2H3. The van der Waals surface area contributed by atoms with Gasteiger partial charge in [0.15, 0.2) is 0 Å². The van der Waals surface area contributed by atoms with Crippen LogP contribution in [0.3, 0.4) is 0 Å². The summed E-state index contributed by atoms with van der Waals surface area (Å²) in [5.74, 6) is 1.02.